The molecule has 0 aliphatic rings. The van der Waals surface area contributed by atoms with E-state index in [2.05, 4.69) is 28.6 Å². The van der Waals surface area contributed by atoms with Gasteiger partial charge in [0.05, 0.1) is 11.4 Å². The molecule has 5 heteroatoms. The lowest BCUT2D eigenvalue weighted by molar-refractivity contribution is -0.122. The molecule has 1 heterocycles. The molecule has 0 aliphatic carbocycles. The lowest BCUT2D eigenvalue weighted by Crippen LogP contribution is -2.38. The molecule has 0 fully saturated rings. The SMILES string of the molecule is C=C(NNC(=O)Cn1nc(C)cc1C)c1ccc2ccccc2c1. The molecule has 0 saturated heterocycles. The maximum atomic E-state index is 12.0. The van der Waals surface area contributed by atoms with Gasteiger partial charge in [-0.05, 0) is 42.3 Å². The van der Waals surface area contributed by atoms with E-state index < -0.39 is 0 Å². The smallest absolute Gasteiger partial charge is 0.260 e. The van der Waals surface area contributed by atoms with Crippen LogP contribution in [0.2, 0.25) is 0 Å². The van der Waals surface area contributed by atoms with Crippen LogP contribution in [0.4, 0.5) is 0 Å². The largest absolute Gasteiger partial charge is 0.299 e. The lowest BCUT2D eigenvalue weighted by Gasteiger charge is -2.12. The number of aryl methyl sites for hydroxylation is 2. The monoisotopic (exact) mass is 320 g/mol. The quantitative estimate of drug-likeness (QED) is 0.711. The average Bonchev–Trinajstić information content (AvgIpc) is 2.89. The number of carbonyl (C=O) groups excluding carboxylic acids is 1. The van der Waals surface area contributed by atoms with E-state index in [-0.39, 0.29) is 12.5 Å². The molecule has 122 valence electrons. The minimum absolute atomic E-state index is 0.164. The molecular weight excluding hydrogens is 300 g/mol. The minimum atomic E-state index is -0.178. The van der Waals surface area contributed by atoms with Gasteiger partial charge in [0.1, 0.15) is 6.54 Å². The molecule has 3 rings (SSSR count). The van der Waals surface area contributed by atoms with E-state index in [1.165, 1.54) is 5.39 Å². The Morgan fingerprint density at radius 3 is 2.54 bits per heavy atom. The summed E-state index contributed by atoms with van der Waals surface area (Å²) in [5.74, 6) is -0.178. The number of hydrogen-bond acceptors (Lipinski definition) is 3. The summed E-state index contributed by atoms with van der Waals surface area (Å²) < 4.78 is 1.67. The van der Waals surface area contributed by atoms with Crippen LogP contribution in [-0.4, -0.2) is 15.7 Å². The number of hydrazine groups is 1. The first-order chi connectivity index (χ1) is 11.5. The molecular formula is C19H20N4O. The Kier molecular flexibility index (Phi) is 4.33. The number of amides is 1. The van der Waals surface area contributed by atoms with E-state index in [9.17, 15) is 4.79 Å². The van der Waals surface area contributed by atoms with E-state index >= 15 is 0 Å². The van der Waals surface area contributed by atoms with Crippen LogP contribution in [0, 0.1) is 13.8 Å². The zero-order chi connectivity index (χ0) is 17.1. The maximum Gasteiger partial charge on any atom is 0.260 e. The predicted molar refractivity (Wildman–Crippen MR) is 96.0 cm³/mol. The summed E-state index contributed by atoms with van der Waals surface area (Å²) in [6.07, 6.45) is 0. The van der Waals surface area contributed by atoms with Crippen LogP contribution in [0.1, 0.15) is 17.0 Å². The molecule has 0 aliphatic heterocycles. The van der Waals surface area contributed by atoms with Gasteiger partial charge in [-0.1, -0.05) is 43.0 Å². The molecule has 5 nitrogen and oxygen atoms in total. The Labute approximate surface area is 141 Å². The van der Waals surface area contributed by atoms with E-state index in [1.807, 2.05) is 56.3 Å². The van der Waals surface area contributed by atoms with Gasteiger partial charge >= 0.3 is 0 Å². The van der Waals surface area contributed by atoms with Crippen LogP contribution in [-0.2, 0) is 11.3 Å². The second-order valence-electron chi connectivity index (χ2n) is 5.80. The van der Waals surface area contributed by atoms with Crippen molar-refractivity contribution in [1.82, 2.24) is 20.6 Å². The summed E-state index contributed by atoms with van der Waals surface area (Å²) in [6.45, 7) is 7.98. The van der Waals surface area contributed by atoms with Crippen molar-refractivity contribution in [3.8, 4) is 0 Å². The standard InChI is InChI=1S/C19H20N4O/c1-13-10-14(2)23(22-13)12-19(24)21-20-15(3)17-9-8-16-6-4-5-7-18(16)11-17/h4-11,20H,3,12H2,1-2H3,(H,21,24). The van der Waals surface area contributed by atoms with Crippen LogP contribution < -0.4 is 10.9 Å². The van der Waals surface area contributed by atoms with Gasteiger partial charge in [-0.3, -0.25) is 20.3 Å². The summed E-state index contributed by atoms with van der Waals surface area (Å²) in [7, 11) is 0. The van der Waals surface area contributed by atoms with Gasteiger partial charge in [-0.25, -0.2) is 0 Å². The topological polar surface area (TPSA) is 58.9 Å². The fourth-order valence-corrected chi connectivity index (χ4v) is 2.60. The third-order valence-corrected chi connectivity index (χ3v) is 3.85. The van der Waals surface area contributed by atoms with Crippen molar-refractivity contribution < 1.29 is 4.79 Å². The van der Waals surface area contributed by atoms with Crippen molar-refractivity contribution in [2.24, 2.45) is 0 Å². The Balaban J connectivity index is 1.61. The van der Waals surface area contributed by atoms with Crippen LogP contribution in [0.3, 0.4) is 0 Å². The number of nitrogens with zero attached hydrogens (tertiary/aromatic N) is 2. The first-order valence-electron chi connectivity index (χ1n) is 7.77. The number of benzene rings is 2. The zero-order valence-corrected chi connectivity index (χ0v) is 13.8. The number of hydrogen-bond donors (Lipinski definition) is 2. The van der Waals surface area contributed by atoms with Gasteiger partial charge in [0.15, 0.2) is 0 Å². The van der Waals surface area contributed by atoms with E-state index in [0.29, 0.717) is 5.70 Å². The van der Waals surface area contributed by atoms with E-state index in [4.69, 9.17) is 0 Å². The molecule has 3 aromatic rings. The van der Waals surface area contributed by atoms with Crippen molar-refractivity contribution >= 4 is 22.4 Å². The highest BCUT2D eigenvalue weighted by Crippen LogP contribution is 2.18. The maximum absolute atomic E-state index is 12.0. The van der Waals surface area contributed by atoms with Gasteiger partial charge in [0.2, 0.25) is 0 Å². The highest BCUT2D eigenvalue weighted by molar-refractivity contribution is 5.86. The van der Waals surface area contributed by atoms with Gasteiger partial charge in [-0.2, -0.15) is 5.10 Å². The summed E-state index contributed by atoms with van der Waals surface area (Å²) in [5.41, 5.74) is 8.96. The van der Waals surface area contributed by atoms with Gasteiger partial charge in [0, 0.05) is 5.69 Å². The Morgan fingerprint density at radius 1 is 1.08 bits per heavy atom. The summed E-state index contributed by atoms with van der Waals surface area (Å²) in [6, 6.07) is 16.1. The van der Waals surface area contributed by atoms with Crippen LogP contribution in [0.5, 0.6) is 0 Å². The van der Waals surface area contributed by atoms with Crippen molar-refractivity contribution in [2.45, 2.75) is 20.4 Å². The second kappa shape index (κ2) is 6.58. The summed E-state index contributed by atoms with van der Waals surface area (Å²) in [4.78, 5) is 12.0. The molecule has 0 radical (unpaired) electrons. The van der Waals surface area contributed by atoms with Crippen molar-refractivity contribution in [3.05, 3.63) is 72.1 Å². The van der Waals surface area contributed by atoms with Gasteiger partial charge in [0.25, 0.3) is 5.91 Å². The fourth-order valence-electron chi connectivity index (χ4n) is 2.60. The Morgan fingerprint density at radius 2 is 1.83 bits per heavy atom. The number of carbonyl (C=O) groups is 1. The average molecular weight is 320 g/mol. The van der Waals surface area contributed by atoms with Crippen LogP contribution in [0.15, 0.2) is 55.1 Å². The van der Waals surface area contributed by atoms with Crippen molar-refractivity contribution in [3.63, 3.8) is 0 Å². The first kappa shape index (κ1) is 15.8. The van der Waals surface area contributed by atoms with E-state index in [0.717, 1.165) is 22.3 Å². The number of aromatic nitrogens is 2. The summed E-state index contributed by atoms with van der Waals surface area (Å²) in [5, 5.41) is 6.58. The predicted octanol–water partition coefficient (Wildman–Crippen LogP) is 2.94. The molecule has 0 atom stereocenters. The fraction of sp³-hybridized carbons (Fsp3) is 0.158. The zero-order valence-electron chi connectivity index (χ0n) is 13.8. The molecule has 24 heavy (non-hydrogen) atoms. The molecule has 0 saturated carbocycles. The number of nitrogens with one attached hydrogen (secondary N) is 2. The van der Waals surface area contributed by atoms with E-state index in [1.54, 1.807) is 4.68 Å². The second-order valence-corrected chi connectivity index (χ2v) is 5.80. The molecule has 0 spiro atoms. The lowest BCUT2D eigenvalue weighted by atomic mass is 10.1. The number of fused-ring (bicyclic) bond motifs is 1. The molecule has 0 unspecified atom stereocenters. The molecule has 1 aromatic heterocycles. The molecule has 1 amide bonds. The first-order valence-corrected chi connectivity index (χ1v) is 7.77. The van der Waals surface area contributed by atoms with Crippen molar-refractivity contribution in [1.29, 1.82) is 0 Å². The molecule has 2 aromatic carbocycles. The Bertz CT molecular complexity index is 911. The Hall–Kier alpha value is -3.08. The number of rotatable bonds is 5. The normalized spacial score (nSPS) is 10.6. The summed E-state index contributed by atoms with van der Waals surface area (Å²) >= 11 is 0. The highest BCUT2D eigenvalue weighted by atomic mass is 16.2. The minimum Gasteiger partial charge on any atom is -0.299 e. The highest BCUT2D eigenvalue weighted by Gasteiger charge is 2.07. The van der Waals surface area contributed by atoms with Gasteiger partial charge in [-0.15, -0.1) is 0 Å². The molecule has 2 N–H and O–H groups in total. The van der Waals surface area contributed by atoms with Crippen LogP contribution in [0.25, 0.3) is 16.5 Å². The molecule has 0 bridgehead atoms. The van der Waals surface area contributed by atoms with Gasteiger partial charge < -0.3 is 0 Å². The van der Waals surface area contributed by atoms with Crippen LogP contribution >= 0.6 is 0 Å². The van der Waals surface area contributed by atoms with Crippen molar-refractivity contribution in [2.75, 3.05) is 0 Å². The third kappa shape index (κ3) is 3.46. The third-order valence-electron chi connectivity index (χ3n) is 3.85.